The van der Waals surface area contributed by atoms with E-state index < -0.39 is 0 Å². The molecule has 0 heterocycles. The van der Waals surface area contributed by atoms with Gasteiger partial charge in [-0.1, -0.05) is 36.4 Å². The van der Waals surface area contributed by atoms with Crippen molar-refractivity contribution in [1.29, 1.82) is 0 Å². The fourth-order valence-corrected chi connectivity index (χ4v) is 1.93. The quantitative estimate of drug-likeness (QED) is 0.447. The number of allylic oxidation sites excluding steroid dienone is 3. The molecule has 0 unspecified atom stereocenters. The number of hydrogen-bond donors (Lipinski definition) is 0. The molecule has 0 aliphatic carbocycles. The van der Waals surface area contributed by atoms with Crippen LogP contribution in [-0.4, -0.2) is 12.6 Å². The summed E-state index contributed by atoms with van der Waals surface area (Å²) in [5, 5.41) is 0. The maximum absolute atomic E-state index is 12.1. The number of Topliss-reactive ketones (excluding diaryl/α,β-unsaturated/α-hetero) is 1. The van der Waals surface area contributed by atoms with E-state index in [0.29, 0.717) is 16.9 Å². The lowest BCUT2D eigenvalue weighted by Crippen LogP contribution is -2.00. The van der Waals surface area contributed by atoms with Crippen LogP contribution in [0.2, 0.25) is 0 Å². The Hall–Kier alpha value is -2.94. The Bertz CT molecular complexity index is 680. The maximum Gasteiger partial charge on any atom is 0.192 e. The van der Waals surface area contributed by atoms with Crippen LogP contribution in [0.5, 0.6) is 11.5 Å². The van der Waals surface area contributed by atoms with Gasteiger partial charge in [0.05, 0.1) is 0 Å². The zero-order valence-corrected chi connectivity index (χ0v) is 13.4. The molecular weight excluding hydrogens is 288 g/mol. The van der Waals surface area contributed by atoms with E-state index >= 15 is 0 Å². The van der Waals surface area contributed by atoms with Crippen LogP contribution in [0.1, 0.15) is 22.8 Å². The zero-order valence-electron chi connectivity index (χ0n) is 13.4. The van der Waals surface area contributed by atoms with Gasteiger partial charge in [0, 0.05) is 11.1 Å². The van der Waals surface area contributed by atoms with Crippen molar-refractivity contribution in [2.24, 2.45) is 0 Å². The van der Waals surface area contributed by atoms with Gasteiger partial charge in [-0.2, -0.15) is 0 Å². The van der Waals surface area contributed by atoms with Crippen molar-refractivity contribution >= 4 is 12.6 Å². The molecule has 0 saturated carbocycles. The smallest absolute Gasteiger partial charge is 0.192 e. The lowest BCUT2D eigenvalue weighted by molar-refractivity contribution is -0.0980. The highest BCUT2D eigenvalue weighted by Crippen LogP contribution is 2.22. The molecule has 0 radical (unpaired) electrons. The third kappa shape index (κ3) is 5.08. The predicted octanol–water partition coefficient (Wildman–Crippen LogP) is 4.92. The summed E-state index contributed by atoms with van der Waals surface area (Å²) in [6, 6.07) is 14.9. The third-order valence-corrected chi connectivity index (χ3v) is 3.17. The molecule has 0 spiro atoms. The van der Waals surface area contributed by atoms with Gasteiger partial charge in [-0.25, -0.2) is 0 Å². The summed E-state index contributed by atoms with van der Waals surface area (Å²) in [4.78, 5) is 20.1. The standard InChI is InChI=1S/C19H18O2.CH2O/c1-4-15(5-2)19(20)16-8-12-18(13-9-16)21-17-10-6-14(3)7-11-17;1-2/h4-13H,1H2,2-3H3;1H2/b15-5+;. The highest BCUT2D eigenvalue weighted by atomic mass is 16.5. The first-order chi connectivity index (χ1) is 11.1. The summed E-state index contributed by atoms with van der Waals surface area (Å²) in [6.45, 7) is 9.50. The van der Waals surface area contributed by atoms with Crippen LogP contribution in [0.3, 0.4) is 0 Å². The van der Waals surface area contributed by atoms with Crippen LogP contribution in [0.15, 0.2) is 72.8 Å². The molecule has 0 atom stereocenters. The van der Waals surface area contributed by atoms with E-state index in [4.69, 9.17) is 9.53 Å². The summed E-state index contributed by atoms with van der Waals surface area (Å²) in [5.74, 6) is 1.45. The van der Waals surface area contributed by atoms with E-state index in [2.05, 4.69) is 6.58 Å². The van der Waals surface area contributed by atoms with Gasteiger partial charge in [-0.15, -0.1) is 0 Å². The predicted molar refractivity (Wildman–Crippen MR) is 93.1 cm³/mol. The van der Waals surface area contributed by atoms with Gasteiger partial charge in [-0.3, -0.25) is 4.79 Å². The number of carbonyl (C=O) groups is 2. The Balaban J connectivity index is 0.00000127. The zero-order chi connectivity index (χ0) is 17.2. The van der Waals surface area contributed by atoms with E-state index in [9.17, 15) is 4.79 Å². The fraction of sp³-hybridized carbons (Fsp3) is 0.100. The second kappa shape index (κ2) is 9.15. The molecular formula is C20H20O3. The third-order valence-electron chi connectivity index (χ3n) is 3.17. The Morgan fingerprint density at radius 1 is 0.957 bits per heavy atom. The molecule has 23 heavy (non-hydrogen) atoms. The molecule has 0 aliphatic heterocycles. The Kier molecular flexibility index (Phi) is 7.21. The number of hydrogen-bond acceptors (Lipinski definition) is 3. The minimum Gasteiger partial charge on any atom is -0.457 e. The molecule has 2 aromatic carbocycles. The van der Waals surface area contributed by atoms with E-state index in [1.54, 1.807) is 36.4 Å². The van der Waals surface area contributed by atoms with E-state index in [-0.39, 0.29) is 5.78 Å². The monoisotopic (exact) mass is 308 g/mol. The van der Waals surface area contributed by atoms with Crippen molar-refractivity contribution in [1.82, 2.24) is 0 Å². The second-order valence-corrected chi connectivity index (χ2v) is 4.72. The van der Waals surface area contributed by atoms with Gasteiger partial charge in [0.1, 0.15) is 18.3 Å². The van der Waals surface area contributed by atoms with Gasteiger partial charge in [0.25, 0.3) is 0 Å². The highest BCUT2D eigenvalue weighted by molar-refractivity contribution is 6.10. The van der Waals surface area contributed by atoms with Crippen LogP contribution in [0.25, 0.3) is 0 Å². The summed E-state index contributed by atoms with van der Waals surface area (Å²) in [6.07, 6.45) is 3.32. The first-order valence-corrected chi connectivity index (χ1v) is 7.11. The molecule has 0 fully saturated rings. The topological polar surface area (TPSA) is 43.4 Å². The van der Waals surface area contributed by atoms with Crippen molar-refractivity contribution in [3.8, 4) is 11.5 Å². The second-order valence-electron chi connectivity index (χ2n) is 4.72. The molecule has 3 heteroatoms. The fourth-order valence-electron chi connectivity index (χ4n) is 1.93. The minimum atomic E-state index is -0.0330. The van der Waals surface area contributed by atoms with E-state index in [1.165, 1.54) is 5.56 Å². The molecule has 3 nitrogen and oxygen atoms in total. The number of carbonyl (C=O) groups excluding carboxylic acids is 2. The molecule has 2 aromatic rings. The molecule has 0 bridgehead atoms. The van der Waals surface area contributed by atoms with Gasteiger partial charge >= 0.3 is 0 Å². The number of rotatable bonds is 5. The normalized spacial score (nSPS) is 10.3. The minimum absolute atomic E-state index is 0.0330. The molecule has 2 rings (SSSR count). The van der Waals surface area contributed by atoms with Crippen molar-refractivity contribution < 1.29 is 14.3 Å². The SMILES string of the molecule is C=C/C(=C\C)C(=O)c1ccc(Oc2ccc(C)cc2)cc1.C=O. The van der Waals surface area contributed by atoms with Gasteiger partial charge < -0.3 is 9.53 Å². The van der Waals surface area contributed by atoms with Gasteiger partial charge in [-0.05, 0) is 50.2 Å². The average molecular weight is 308 g/mol. The average Bonchev–Trinajstić information content (AvgIpc) is 2.60. The Morgan fingerprint density at radius 3 is 1.87 bits per heavy atom. The largest absolute Gasteiger partial charge is 0.457 e. The number of benzene rings is 2. The summed E-state index contributed by atoms with van der Waals surface area (Å²) in [5.41, 5.74) is 2.41. The first kappa shape index (κ1) is 18.1. The van der Waals surface area contributed by atoms with Crippen LogP contribution in [-0.2, 0) is 4.79 Å². The summed E-state index contributed by atoms with van der Waals surface area (Å²) in [7, 11) is 0. The number of aryl methyl sites for hydroxylation is 1. The Labute approximate surface area is 136 Å². The lowest BCUT2D eigenvalue weighted by atomic mass is 10.0. The van der Waals surface area contributed by atoms with Crippen molar-refractivity contribution in [3.05, 3.63) is 84.0 Å². The highest BCUT2D eigenvalue weighted by Gasteiger charge is 2.08. The van der Waals surface area contributed by atoms with Crippen LogP contribution >= 0.6 is 0 Å². The molecule has 0 aliphatic rings. The number of ketones is 1. The van der Waals surface area contributed by atoms with Crippen LogP contribution < -0.4 is 4.74 Å². The van der Waals surface area contributed by atoms with Crippen molar-refractivity contribution in [2.75, 3.05) is 0 Å². The lowest BCUT2D eigenvalue weighted by Gasteiger charge is -2.07. The molecule has 0 N–H and O–H groups in total. The van der Waals surface area contributed by atoms with Gasteiger partial charge in [0.15, 0.2) is 5.78 Å². The molecule has 0 saturated heterocycles. The van der Waals surface area contributed by atoms with Crippen LogP contribution in [0, 0.1) is 6.92 Å². The van der Waals surface area contributed by atoms with E-state index in [0.717, 1.165) is 5.75 Å². The first-order valence-electron chi connectivity index (χ1n) is 7.11. The Morgan fingerprint density at radius 2 is 1.43 bits per heavy atom. The van der Waals surface area contributed by atoms with Crippen molar-refractivity contribution in [3.63, 3.8) is 0 Å². The molecule has 0 aromatic heterocycles. The van der Waals surface area contributed by atoms with Gasteiger partial charge in [0.2, 0.25) is 0 Å². The van der Waals surface area contributed by atoms with E-state index in [1.807, 2.05) is 44.9 Å². The summed E-state index contributed by atoms with van der Waals surface area (Å²) < 4.78 is 5.74. The number of ether oxygens (including phenoxy) is 1. The molecule has 0 amide bonds. The maximum atomic E-state index is 12.1. The summed E-state index contributed by atoms with van der Waals surface area (Å²) >= 11 is 0. The van der Waals surface area contributed by atoms with Crippen LogP contribution in [0.4, 0.5) is 0 Å². The van der Waals surface area contributed by atoms with Crippen molar-refractivity contribution in [2.45, 2.75) is 13.8 Å². The molecule has 118 valence electrons.